The van der Waals surface area contributed by atoms with Gasteiger partial charge in [-0.05, 0) is 19.1 Å². The first-order valence-electron chi connectivity index (χ1n) is 5.79. The molecule has 2 aromatic rings. The molecule has 2 heterocycles. The van der Waals surface area contributed by atoms with Gasteiger partial charge in [0.2, 0.25) is 0 Å². The summed E-state index contributed by atoms with van der Waals surface area (Å²) in [5, 5.41) is 16.1. The Bertz CT molecular complexity index is 621. The zero-order valence-electron chi connectivity index (χ0n) is 10.7. The third kappa shape index (κ3) is 4.04. The molecule has 2 amide bonds. The number of carbonyl (C=O) groups is 2. The van der Waals surface area contributed by atoms with Gasteiger partial charge in [0.15, 0.2) is 5.69 Å². The maximum Gasteiger partial charge on any atom is 0.355 e. The number of rotatable bonds is 5. The van der Waals surface area contributed by atoms with E-state index in [2.05, 4.69) is 15.6 Å². The first-order valence-corrected chi connectivity index (χ1v) is 7.49. The molecule has 106 valence electrons. The van der Waals surface area contributed by atoms with Gasteiger partial charge < -0.3 is 15.7 Å². The molecule has 0 saturated carbocycles. The van der Waals surface area contributed by atoms with Crippen LogP contribution in [-0.2, 0) is 13.1 Å². The molecule has 0 radical (unpaired) electrons. The highest BCUT2D eigenvalue weighted by Gasteiger charge is 2.09. The molecule has 0 aliphatic carbocycles. The van der Waals surface area contributed by atoms with Crippen LogP contribution in [0.4, 0.5) is 4.79 Å². The lowest BCUT2D eigenvalue weighted by Gasteiger charge is -2.04. The summed E-state index contributed by atoms with van der Waals surface area (Å²) in [5.74, 6) is -1.06. The van der Waals surface area contributed by atoms with Gasteiger partial charge in [-0.25, -0.2) is 14.6 Å². The lowest BCUT2D eigenvalue weighted by molar-refractivity contribution is 0.0691. The smallest absolute Gasteiger partial charge is 0.355 e. The van der Waals surface area contributed by atoms with Crippen molar-refractivity contribution >= 4 is 34.7 Å². The van der Waals surface area contributed by atoms with Gasteiger partial charge in [-0.2, -0.15) is 0 Å². The number of hydrogen-bond donors (Lipinski definition) is 3. The van der Waals surface area contributed by atoms with Gasteiger partial charge in [0.05, 0.1) is 13.1 Å². The summed E-state index contributed by atoms with van der Waals surface area (Å²) in [6.07, 6.45) is 0. The Morgan fingerprint density at radius 1 is 1.30 bits per heavy atom. The molecule has 0 unspecified atom stereocenters. The van der Waals surface area contributed by atoms with E-state index < -0.39 is 5.97 Å². The summed E-state index contributed by atoms with van der Waals surface area (Å²) in [6.45, 7) is 2.70. The van der Waals surface area contributed by atoms with Crippen LogP contribution in [-0.4, -0.2) is 22.1 Å². The lowest BCUT2D eigenvalue weighted by atomic mass is 10.4. The Labute approximate surface area is 123 Å². The number of carboxylic acids is 1. The average Bonchev–Trinajstić information content (AvgIpc) is 3.03. The van der Waals surface area contributed by atoms with E-state index in [4.69, 9.17) is 5.11 Å². The molecule has 20 heavy (non-hydrogen) atoms. The second kappa shape index (κ2) is 6.49. The van der Waals surface area contributed by atoms with Crippen molar-refractivity contribution in [3.05, 3.63) is 38.0 Å². The third-order valence-corrected chi connectivity index (χ3v) is 4.24. The highest BCUT2D eigenvalue weighted by Crippen LogP contribution is 2.14. The molecule has 2 rings (SSSR count). The van der Waals surface area contributed by atoms with E-state index in [1.165, 1.54) is 21.6 Å². The zero-order valence-corrected chi connectivity index (χ0v) is 12.3. The van der Waals surface area contributed by atoms with Crippen molar-refractivity contribution in [1.82, 2.24) is 15.6 Å². The van der Waals surface area contributed by atoms with Crippen molar-refractivity contribution in [2.75, 3.05) is 0 Å². The molecule has 0 aliphatic rings. The van der Waals surface area contributed by atoms with Crippen molar-refractivity contribution < 1.29 is 14.7 Å². The molecule has 6 nitrogen and oxygen atoms in total. The van der Waals surface area contributed by atoms with Gasteiger partial charge in [0.25, 0.3) is 0 Å². The van der Waals surface area contributed by atoms with E-state index in [1.54, 1.807) is 11.3 Å². The second-order valence-corrected chi connectivity index (χ2v) is 6.30. The highest BCUT2D eigenvalue weighted by atomic mass is 32.1. The van der Waals surface area contributed by atoms with E-state index >= 15 is 0 Å². The van der Waals surface area contributed by atoms with Crippen LogP contribution in [0.3, 0.4) is 0 Å². The number of nitrogens with zero attached hydrogens (tertiary/aromatic N) is 1. The van der Waals surface area contributed by atoms with Crippen LogP contribution in [0.2, 0.25) is 0 Å². The van der Waals surface area contributed by atoms with Crippen molar-refractivity contribution in [3.8, 4) is 0 Å². The summed E-state index contributed by atoms with van der Waals surface area (Å²) >= 11 is 2.84. The maximum atomic E-state index is 11.6. The number of thiazole rings is 1. The monoisotopic (exact) mass is 311 g/mol. The van der Waals surface area contributed by atoms with Gasteiger partial charge in [0.1, 0.15) is 5.01 Å². The number of aromatic nitrogens is 1. The fourth-order valence-electron chi connectivity index (χ4n) is 1.46. The van der Waals surface area contributed by atoms with Crippen LogP contribution < -0.4 is 10.6 Å². The molecule has 0 fully saturated rings. The number of aromatic carboxylic acids is 1. The fourth-order valence-corrected chi connectivity index (χ4v) is 2.99. The Balaban J connectivity index is 1.75. The third-order valence-electron chi connectivity index (χ3n) is 2.39. The van der Waals surface area contributed by atoms with Crippen molar-refractivity contribution in [2.45, 2.75) is 20.0 Å². The average molecular weight is 311 g/mol. The molecule has 0 bridgehead atoms. The maximum absolute atomic E-state index is 11.6. The molecule has 2 aromatic heterocycles. The number of thiophene rings is 1. The van der Waals surface area contributed by atoms with Gasteiger partial charge in [0, 0.05) is 15.1 Å². The zero-order chi connectivity index (χ0) is 14.5. The first kappa shape index (κ1) is 14.5. The van der Waals surface area contributed by atoms with Crippen LogP contribution in [0.1, 0.15) is 25.3 Å². The molecule has 0 aliphatic heterocycles. The number of hydrogen-bond acceptors (Lipinski definition) is 5. The molecule has 8 heteroatoms. The van der Waals surface area contributed by atoms with E-state index in [1.807, 2.05) is 19.1 Å². The van der Waals surface area contributed by atoms with E-state index in [9.17, 15) is 9.59 Å². The lowest BCUT2D eigenvalue weighted by Crippen LogP contribution is -2.34. The predicted octanol–water partition coefficient (Wildman–Crippen LogP) is 2.21. The van der Waals surface area contributed by atoms with Crippen molar-refractivity contribution in [1.29, 1.82) is 0 Å². The van der Waals surface area contributed by atoms with Crippen LogP contribution in [0.5, 0.6) is 0 Å². The number of urea groups is 1. The molecule has 0 spiro atoms. The molecular formula is C12H13N3O3S2. The summed E-state index contributed by atoms with van der Waals surface area (Å²) in [5.41, 5.74) is 0.00117. The summed E-state index contributed by atoms with van der Waals surface area (Å²) in [7, 11) is 0. The van der Waals surface area contributed by atoms with Crippen LogP contribution in [0.15, 0.2) is 17.5 Å². The topological polar surface area (TPSA) is 91.3 Å². The Kier molecular flexibility index (Phi) is 4.70. The molecule has 0 saturated heterocycles. The Morgan fingerprint density at radius 2 is 2.05 bits per heavy atom. The van der Waals surface area contributed by atoms with Gasteiger partial charge in [-0.1, -0.05) is 0 Å². The largest absolute Gasteiger partial charge is 0.476 e. The van der Waals surface area contributed by atoms with Crippen LogP contribution in [0.25, 0.3) is 0 Å². The first-order chi connectivity index (χ1) is 9.54. The van der Waals surface area contributed by atoms with E-state index in [0.29, 0.717) is 11.6 Å². The summed E-state index contributed by atoms with van der Waals surface area (Å²) < 4.78 is 0. The van der Waals surface area contributed by atoms with Gasteiger partial charge in [-0.15, -0.1) is 22.7 Å². The molecule has 3 N–H and O–H groups in total. The van der Waals surface area contributed by atoms with E-state index in [-0.39, 0.29) is 18.3 Å². The second-order valence-electron chi connectivity index (χ2n) is 3.98. The normalized spacial score (nSPS) is 10.2. The number of carbonyl (C=O) groups excluding carboxylic acids is 1. The molecule has 0 aromatic carbocycles. The van der Waals surface area contributed by atoms with Crippen LogP contribution in [0, 0.1) is 6.92 Å². The molecular weight excluding hydrogens is 298 g/mol. The SMILES string of the molecule is Cc1ccc(CNC(=O)NCc2nc(C(=O)O)cs2)s1. The number of aryl methyl sites for hydroxylation is 1. The van der Waals surface area contributed by atoms with E-state index in [0.717, 1.165) is 4.88 Å². The summed E-state index contributed by atoms with van der Waals surface area (Å²) in [4.78, 5) is 28.4. The van der Waals surface area contributed by atoms with Gasteiger partial charge in [-0.3, -0.25) is 0 Å². The minimum atomic E-state index is -1.06. The highest BCUT2D eigenvalue weighted by molar-refractivity contribution is 7.11. The summed E-state index contributed by atoms with van der Waals surface area (Å²) in [6, 6.07) is 3.67. The van der Waals surface area contributed by atoms with Crippen LogP contribution >= 0.6 is 22.7 Å². The minimum absolute atomic E-state index is 0.00117. The Hall–Kier alpha value is -1.93. The standard InChI is InChI=1S/C12H13N3O3S2/c1-7-2-3-8(20-7)4-13-12(18)14-5-10-15-9(6-19-10)11(16)17/h2-3,6H,4-5H2,1H3,(H,16,17)(H2,13,14,18). The number of carboxylic acid groups (broad SMARTS) is 1. The minimum Gasteiger partial charge on any atom is -0.476 e. The fraction of sp³-hybridized carbons (Fsp3) is 0.250. The number of nitrogens with one attached hydrogen (secondary N) is 2. The Morgan fingerprint density at radius 3 is 2.65 bits per heavy atom. The predicted molar refractivity (Wildman–Crippen MR) is 77.2 cm³/mol. The van der Waals surface area contributed by atoms with Gasteiger partial charge >= 0.3 is 12.0 Å². The quantitative estimate of drug-likeness (QED) is 0.789. The number of amides is 2. The van der Waals surface area contributed by atoms with Crippen molar-refractivity contribution in [3.63, 3.8) is 0 Å². The van der Waals surface area contributed by atoms with Crippen molar-refractivity contribution in [2.24, 2.45) is 0 Å². The molecule has 0 atom stereocenters.